The number of nitrogens with two attached hydrogens (primary N) is 1. The smallest absolute Gasteiger partial charge is 0.262 e. The van der Waals surface area contributed by atoms with Crippen LogP contribution in [0.2, 0.25) is 0 Å². The first-order chi connectivity index (χ1) is 14.0. The van der Waals surface area contributed by atoms with E-state index in [1.165, 1.54) is 5.56 Å². The second-order valence-corrected chi connectivity index (χ2v) is 9.04. The lowest BCUT2D eigenvalue weighted by molar-refractivity contribution is -0.139. The molecule has 2 unspecified atom stereocenters. The first-order valence-electron chi connectivity index (χ1n) is 10.7. The Morgan fingerprint density at radius 2 is 2.14 bits per heavy atom. The molecule has 6 nitrogen and oxygen atoms in total. The molecule has 2 atom stereocenters. The Kier molecular flexibility index (Phi) is 4.51. The molecule has 29 heavy (non-hydrogen) atoms. The van der Waals surface area contributed by atoms with E-state index < -0.39 is 5.54 Å². The normalized spacial score (nSPS) is 36.2. The fourth-order valence-electron chi connectivity index (χ4n) is 6.05. The Bertz CT molecular complexity index is 859. The number of guanidine groups is 1. The molecule has 152 valence electrons. The minimum atomic E-state index is -0.973. The molecule has 1 aromatic carbocycles. The zero-order valence-corrected chi connectivity index (χ0v) is 17.0. The Morgan fingerprint density at radius 3 is 2.83 bits per heavy atom. The van der Waals surface area contributed by atoms with E-state index in [9.17, 15) is 4.79 Å². The van der Waals surface area contributed by atoms with E-state index in [1.54, 1.807) is 12.0 Å². The van der Waals surface area contributed by atoms with Crippen LogP contribution in [0.4, 0.5) is 0 Å². The maximum absolute atomic E-state index is 14.0. The highest BCUT2D eigenvalue weighted by Crippen LogP contribution is 2.61. The quantitative estimate of drug-likeness (QED) is 0.782. The third-order valence-electron chi connectivity index (χ3n) is 7.57. The van der Waals surface area contributed by atoms with Gasteiger partial charge in [0.15, 0.2) is 11.5 Å². The van der Waals surface area contributed by atoms with Gasteiger partial charge in [-0.05, 0) is 56.1 Å². The molecule has 2 aliphatic heterocycles. The van der Waals surface area contributed by atoms with Crippen LogP contribution in [-0.2, 0) is 26.2 Å². The van der Waals surface area contributed by atoms with Gasteiger partial charge in [-0.25, -0.2) is 4.99 Å². The average molecular weight is 393 g/mol. The SMILES string of the molecule is [B]c1ccc2c(c1)C1(N=C(N)N(CC3CCCO3)C1=O)C1(CCC(OC)CC1)C2. The van der Waals surface area contributed by atoms with Gasteiger partial charge in [0, 0.05) is 19.1 Å². The third-order valence-corrected chi connectivity index (χ3v) is 7.57. The molecule has 0 aromatic heterocycles. The van der Waals surface area contributed by atoms with Crippen molar-refractivity contribution in [2.45, 2.75) is 62.7 Å². The molecule has 2 spiro atoms. The van der Waals surface area contributed by atoms with Gasteiger partial charge in [0.25, 0.3) is 5.91 Å². The van der Waals surface area contributed by atoms with Crippen molar-refractivity contribution >= 4 is 25.2 Å². The summed E-state index contributed by atoms with van der Waals surface area (Å²) in [6.07, 6.45) is 6.70. The van der Waals surface area contributed by atoms with Gasteiger partial charge < -0.3 is 15.2 Å². The van der Waals surface area contributed by atoms with E-state index in [4.69, 9.17) is 28.0 Å². The molecule has 5 rings (SSSR count). The maximum atomic E-state index is 14.0. The van der Waals surface area contributed by atoms with Crippen LogP contribution in [0, 0.1) is 5.41 Å². The first-order valence-corrected chi connectivity index (χ1v) is 10.7. The summed E-state index contributed by atoms with van der Waals surface area (Å²) in [7, 11) is 7.91. The third kappa shape index (κ3) is 2.70. The van der Waals surface area contributed by atoms with Crippen LogP contribution < -0.4 is 11.2 Å². The number of benzene rings is 1. The molecule has 1 aromatic rings. The molecule has 1 saturated heterocycles. The van der Waals surface area contributed by atoms with Gasteiger partial charge in [-0.2, -0.15) is 0 Å². The number of amides is 1. The zero-order chi connectivity index (χ0) is 20.2. The first kappa shape index (κ1) is 19.1. The molecule has 7 heteroatoms. The van der Waals surface area contributed by atoms with Crippen molar-refractivity contribution in [3.8, 4) is 0 Å². The summed E-state index contributed by atoms with van der Waals surface area (Å²) in [5, 5.41) is 0. The number of hydrogen-bond acceptors (Lipinski definition) is 5. The number of aliphatic imine (C=N–C) groups is 1. The molecule has 1 saturated carbocycles. The number of rotatable bonds is 3. The summed E-state index contributed by atoms with van der Waals surface area (Å²) in [6.45, 7) is 1.22. The number of nitrogens with zero attached hydrogens (tertiary/aromatic N) is 2. The topological polar surface area (TPSA) is 77.1 Å². The Hall–Kier alpha value is -1.86. The van der Waals surface area contributed by atoms with Crippen molar-refractivity contribution in [1.29, 1.82) is 0 Å². The minimum absolute atomic E-state index is 0.00860. The van der Waals surface area contributed by atoms with Crippen LogP contribution in [0.15, 0.2) is 23.2 Å². The van der Waals surface area contributed by atoms with E-state index in [2.05, 4.69) is 6.07 Å². The number of ether oxygens (including phenoxy) is 2. The Labute approximate surface area is 173 Å². The summed E-state index contributed by atoms with van der Waals surface area (Å²) in [5.74, 6) is 0.305. The zero-order valence-electron chi connectivity index (χ0n) is 17.0. The fourth-order valence-corrected chi connectivity index (χ4v) is 6.05. The maximum Gasteiger partial charge on any atom is 0.262 e. The van der Waals surface area contributed by atoms with Crippen LogP contribution in [-0.4, -0.2) is 57.1 Å². The number of carbonyl (C=O) groups is 1. The van der Waals surface area contributed by atoms with Gasteiger partial charge in [-0.15, -0.1) is 0 Å². The number of hydrogen-bond donors (Lipinski definition) is 1. The van der Waals surface area contributed by atoms with Crippen LogP contribution in [0.5, 0.6) is 0 Å². The minimum Gasteiger partial charge on any atom is -0.381 e. The van der Waals surface area contributed by atoms with Gasteiger partial charge in [-0.1, -0.05) is 23.7 Å². The fraction of sp³-hybridized carbons (Fsp3) is 0.636. The van der Waals surface area contributed by atoms with E-state index in [1.807, 2.05) is 12.1 Å². The Balaban J connectivity index is 1.57. The van der Waals surface area contributed by atoms with Gasteiger partial charge >= 0.3 is 0 Å². The lowest BCUT2D eigenvalue weighted by atomic mass is 9.61. The summed E-state index contributed by atoms with van der Waals surface area (Å²) >= 11 is 0. The molecule has 0 bridgehead atoms. The number of fused-ring (bicyclic) bond motifs is 3. The van der Waals surface area contributed by atoms with Gasteiger partial charge in [0.1, 0.15) is 7.85 Å². The molecule has 2 N–H and O–H groups in total. The van der Waals surface area contributed by atoms with Gasteiger partial charge in [0.2, 0.25) is 0 Å². The van der Waals surface area contributed by atoms with E-state index in [0.29, 0.717) is 18.0 Å². The summed E-state index contributed by atoms with van der Waals surface area (Å²) in [6, 6.07) is 5.92. The van der Waals surface area contributed by atoms with Crippen LogP contribution in [0.1, 0.15) is 49.7 Å². The highest BCUT2D eigenvalue weighted by Gasteiger charge is 2.66. The summed E-state index contributed by atoms with van der Waals surface area (Å²) in [5.41, 5.74) is 7.90. The highest BCUT2D eigenvalue weighted by molar-refractivity contribution is 6.32. The standard InChI is InChI=1S/C22H28BN3O3/c1-28-16-6-8-21(9-7-16)12-14-4-5-15(23)11-18(14)22(21)19(27)26(20(24)25-22)13-17-3-2-10-29-17/h4-5,11,16-17H,2-3,6-10,12-13H2,1H3,(H2,24,25). The molecule has 2 radical (unpaired) electrons. The molecular weight excluding hydrogens is 365 g/mol. The molecule has 2 heterocycles. The number of methoxy groups -OCH3 is 1. The second kappa shape index (κ2) is 6.84. The monoisotopic (exact) mass is 393 g/mol. The largest absolute Gasteiger partial charge is 0.381 e. The molecular formula is C22H28BN3O3. The molecule has 4 aliphatic rings. The van der Waals surface area contributed by atoms with Crippen molar-refractivity contribution in [1.82, 2.24) is 4.90 Å². The predicted molar refractivity (Wildman–Crippen MR) is 111 cm³/mol. The molecule has 2 aliphatic carbocycles. The van der Waals surface area contributed by atoms with Crippen molar-refractivity contribution in [3.63, 3.8) is 0 Å². The van der Waals surface area contributed by atoms with Crippen LogP contribution >= 0.6 is 0 Å². The predicted octanol–water partition coefficient (Wildman–Crippen LogP) is 1.14. The lowest BCUT2D eigenvalue weighted by Gasteiger charge is -2.45. The van der Waals surface area contributed by atoms with Crippen molar-refractivity contribution in [2.75, 3.05) is 20.3 Å². The number of carbonyl (C=O) groups excluding carboxylic acids is 1. The van der Waals surface area contributed by atoms with E-state index in [0.717, 1.165) is 57.1 Å². The van der Waals surface area contributed by atoms with Crippen LogP contribution in [0.3, 0.4) is 0 Å². The second-order valence-electron chi connectivity index (χ2n) is 9.04. The average Bonchev–Trinajstić information content (AvgIpc) is 3.38. The van der Waals surface area contributed by atoms with Crippen molar-refractivity contribution in [3.05, 3.63) is 29.3 Å². The van der Waals surface area contributed by atoms with E-state index in [-0.39, 0.29) is 23.5 Å². The van der Waals surface area contributed by atoms with Gasteiger partial charge in [-0.3, -0.25) is 9.69 Å². The van der Waals surface area contributed by atoms with Crippen LogP contribution in [0.25, 0.3) is 0 Å². The Morgan fingerprint density at radius 1 is 1.34 bits per heavy atom. The lowest BCUT2D eigenvalue weighted by Crippen LogP contribution is -2.53. The highest BCUT2D eigenvalue weighted by atomic mass is 16.5. The van der Waals surface area contributed by atoms with E-state index >= 15 is 0 Å². The van der Waals surface area contributed by atoms with Gasteiger partial charge in [0.05, 0.1) is 18.8 Å². The molecule has 1 amide bonds. The van der Waals surface area contributed by atoms with Crippen molar-refractivity contribution < 1.29 is 14.3 Å². The summed E-state index contributed by atoms with van der Waals surface area (Å²) in [4.78, 5) is 20.6. The molecule has 2 fully saturated rings. The summed E-state index contributed by atoms with van der Waals surface area (Å²) < 4.78 is 11.4. The van der Waals surface area contributed by atoms with Crippen molar-refractivity contribution in [2.24, 2.45) is 16.1 Å².